The van der Waals surface area contributed by atoms with Gasteiger partial charge in [-0.05, 0) is 34.6 Å². The molecule has 4 atom stereocenters. The van der Waals surface area contributed by atoms with Crippen LogP contribution in [0, 0.1) is 24.2 Å². The number of carbonyl (C=O) groups excluding carboxylic acids is 3. The summed E-state index contributed by atoms with van der Waals surface area (Å²) in [5.41, 5.74) is -0.294. The number of hydrogen-bond donors (Lipinski definition) is 1. The number of amides is 1. The number of rotatable bonds is 6. The third-order valence-electron chi connectivity index (χ3n) is 6.44. The smallest absolute Gasteiger partial charge is 0.358 e. The van der Waals surface area contributed by atoms with E-state index in [1.807, 2.05) is 6.92 Å². The van der Waals surface area contributed by atoms with Gasteiger partial charge in [0.15, 0.2) is 14.9 Å². The van der Waals surface area contributed by atoms with Crippen molar-refractivity contribution in [1.82, 2.24) is 14.3 Å². The quantitative estimate of drug-likeness (QED) is 0.330. The van der Waals surface area contributed by atoms with Gasteiger partial charge < -0.3 is 19.5 Å². The summed E-state index contributed by atoms with van der Waals surface area (Å²) >= 11 is 1.14. The summed E-state index contributed by atoms with van der Waals surface area (Å²) in [5, 5.41) is 10.1. The molecule has 2 aliphatic rings. The monoisotopic (exact) mass is 539 g/mol. The van der Waals surface area contributed by atoms with E-state index in [1.54, 1.807) is 38.3 Å². The number of hydrogen-bond acceptors (Lipinski definition) is 10. The molecule has 0 aromatic carbocycles. The fourth-order valence-electron chi connectivity index (χ4n) is 4.66. The van der Waals surface area contributed by atoms with Crippen LogP contribution >= 0.6 is 11.3 Å². The summed E-state index contributed by atoms with van der Waals surface area (Å²) in [5.74, 6) is -2.41. The van der Waals surface area contributed by atoms with Gasteiger partial charge in [-0.3, -0.25) is 14.0 Å². The van der Waals surface area contributed by atoms with E-state index in [0.29, 0.717) is 21.1 Å². The SMILES string of the molecule is Cc1nc(S(C)(=O)=O)c2sc(C3=C(C(=O)OCOC(=O)C(C)(C)C)N4C(=O)[C@H]([C@@H](C)O)[C@H]4[C@H]3C)cn12. The molecule has 1 amide bonds. The molecule has 1 fully saturated rings. The molecular formula is C23H29N3O8S2. The van der Waals surface area contributed by atoms with Crippen molar-refractivity contribution in [3.05, 3.63) is 22.6 Å². The maximum absolute atomic E-state index is 13.2. The number of aliphatic hydroxyl groups excluding tert-OH is 1. The first-order chi connectivity index (χ1) is 16.6. The Morgan fingerprint density at radius 1 is 1.28 bits per heavy atom. The van der Waals surface area contributed by atoms with Crippen LogP contribution in [0.2, 0.25) is 0 Å². The Balaban J connectivity index is 1.76. The molecule has 1 saturated heterocycles. The van der Waals surface area contributed by atoms with Crippen molar-refractivity contribution in [3.63, 3.8) is 0 Å². The van der Waals surface area contributed by atoms with Gasteiger partial charge in [-0.25, -0.2) is 18.2 Å². The molecular weight excluding hydrogens is 510 g/mol. The average molecular weight is 540 g/mol. The first kappa shape index (κ1) is 26.3. The zero-order valence-electron chi connectivity index (χ0n) is 21.1. The molecule has 4 rings (SSSR count). The lowest BCUT2D eigenvalue weighted by atomic mass is 9.77. The van der Waals surface area contributed by atoms with Gasteiger partial charge in [-0.2, -0.15) is 0 Å². The third-order valence-corrected chi connectivity index (χ3v) is 8.69. The van der Waals surface area contributed by atoms with Gasteiger partial charge in [-0.1, -0.05) is 6.92 Å². The maximum Gasteiger partial charge on any atom is 0.358 e. The number of carbonyl (C=O) groups is 3. The number of aryl methyl sites for hydroxylation is 1. The number of esters is 2. The first-order valence-electron chi connectivity index (χ1n) is 11.3. The lowest BCUT2D eigenvalue weighted by Gasteiger charge is -2.46. The van der Waals surface area contributed by atoms with Gasteiger partial charge in [0.1, 0.15) is 16.4 Å². The number of aliphatic hydroxyl groups is 1. The molecule has 0 radical (unpaired) electrons. The Morgan fingerprint density at radius 2 is 1.92 bits per heavy atom. The van der Waals surface area contributed by atoms with E-state index in [4.69, 9.17) is 9.47 Å². The normalized spacial score (nSPS) is 23.1. The molecule has 13 heteroatoms. The zero-order chi connectivity index (χ0) is 26.9. The molecule has 2 aliphatic heterocycles. The molecule has 0 saturated carbocycles. The second kappa shape index (κ2) is 8.67. The number of fused-ring (bicyclic) bond motifs is 2. The Labute approximate surface area is 212 Å². The number of imidazole rings is 1. The fourth-order valence-corrected chi connectivity index (χ4v) is 7.13. The minimum atomic E-state index is -3.61. The van der Waals surface area contributed by atoms with Crippen LogP contribution in [0.3, 0.4) is 0 Å². The summed E-state index contributed by atoms with van der Waals surface area (Å²) in [6.45, 7) is 9.40. The Morgan fingerprint density at radius 3 is 2.47 bits per heavy atom. The number of nitrogens with zero attached hydrogens (tertiary/aromatic N) is 3. The van der Waals surface area contributed by atoms with Crippen molar-refractivity contribution in [1.29, 1.82) is 0 Å². The molecule has 1 N–H and O–H groups in total. The zero-order valence-corrected chi connectivity index (χ0v) is 22.7. The molecule has 36 heavy (non-hydrogen) atoms. The van der Waals surface area contributed by atoms with Crippen LogP contribution in [-0.4, -0.2) is 70.8 Å². The van der Waals surface area contributed by atoms with E-state index in [-0.39, 0.29) is 16.6 Å². The van der Waals surface area contributed by atoms with Gasteiger partial charge in [-0.15, -0.1) is 11.3 Å². The highest BCUT2D eigenvalue weighted by Gasteiger charge is 2.60. The van der Waals surface area contributed by atoms with E-state index in [2.05, 4.69) is 4.98 Å². The van der Waals surface area contributed by atoms with Crippen LogP contribution in [0.15, 0.2) is 16.9 Å². The van der Waals surface area contributed by atoms with Gasteiger partial charge >= 0.3 is 11.9 Å². The highest BCUT2D eigenvalue weighted by atomic mass is 32.2. The Hall–Kier alpha value is -2.77. The van der Waals surface area contributed by atoms with Crippen LogP contribution in [0.25, 0.3) is 10.4 Å². The fraction of sp³-hybridized carbons (Fsp3) is 0.565. The van der Waals surface area contributed by atoms with Crippen molar-refractivity contribution in [2.75, 3.05) is 13.0 Å². The molecule has 2 aromatic rings. The minimum absolute atomic E-state index is 0.00257. The second-order valence-corrected chi connectivity index (χ2v) is 13.2. The summed E-state index contributed by atoms with van der Waals surface area (Å²) < 4.78 is 36.5. The van der Waals surface area contributed by atoms with Crippen molar-refractivity contribution >= 4 is 49.4 Å². The van der Waals surface area contributed by atoms with Gasteiger partial charge in [0.2, 0.25) is 12.7 Å². The van der Waals surface area contributed by atoms with E-state index in [0.717, 1.165) is 17.6 Å². The van der Waals surface area contributed by atoms with Gasteiger partial charge in [0.25, 0.3) is 0 Å². The van der Waals surface area contributed by atoms with Crippen LogP contribution in [-0.2, 0) is 33.7 Å². The van der Waals surface area contributed by atoms with Crippen LogP contribution in [0.4, 0.5) is 0 Å². The topological polar surface area (TPSA) is 145 Å². The number of ether oxygens (including phenoxy) is 2. The van der Waals surface area contributed by atoms with Crippen molar-refractivity contribution in [2.45, 2.75) is 58.7 Å². The van der Waals surface area contributed by atoms with E-state index < -0.39 is 58.0 Å². The molecule has 196 valence electrons. The molecule has 0 aliphatic carbocycles. The molecule has 11 nitrogen and oxygen atoms in total. The minimum Gasteiger partial charge on any atom is -0.427 e. The van der Waals surface area contributed by atoms with E-state index >= 15 is 0 Å². The Kier molecular flexibility index (Phi) is 6.33. The predicted octanol–water partition coefficient (Wildman–Crippen LogP) is 1.77. The van der Waals surface area contributed by atoms with Crippen LogP contribution in [0.5, 0.6) is 0 Å². The van der Waals surface area contributed by atoms with Crippen LogP contribution < -0.4 is 0 Å². The average Bonchev–Trinajstić information content (AvgIpc) is 3.36. The van der Waals surface area contributed by atoms with Gasteiger partial charge in [0.05, 0.1) is 28.4 Å². The van der Waals surface area contributed by atoms with Crippen molar-refractivity contribution in [3.8, 4) is 0 Å². The first-order valence-corrected chi connectivity index (χ1v) is 14.0. The molecule has 4 heterocycles. The molecule has 0 spiro atoms. The second-order valence-electron chi connectivity index (χ2n) is 10.3. The number of thiazole rings is 1. The predicted molar refractivity (Wildman–Crippen MR) is 129 cm³/mol. The standard InChI is InChI=1S/C23H29N3O8S2/c1-10-14(13-8-25-12(3)24-18(20(25)35-13)36(7,31)32)17(26-16(10)15(11(2)27)19(26)28)21(29)33-9-34-22(30)23(4,5)6/h8,10-11,15-16,27H,9H2,1-7H3/t10-,11+,15+,16+/m0/s1. The summed E-state index contributed by atoms with van der Waals surface area (Å²) in [6.07, 6.45) is 1.84. The van der Waals surface area contributed by atoms with Crippen molar-refractivity contribution < 1.29 is 37.4 Å². The van der Waals surface area contributed by atoms with E-state index in [1.165, 1.54) is 11.8 Å². The summed E-state index contributed by atoms with van der Waals surface area (Å²) in [4.78, 5) is 44.7. The largest absolute Gasteiger partial charge is 0.427 e. The van der Waals surface area contributed by atoms with Crippen molar-refractivity contribution in [2.24, 2.45) is 17.3 Å². The summed E-state index contributed by atoms with van der Waals surface area (Å²) in [6, 6.07) is -0.470. The molecule has 2 aromatic heterocycles. The van der Waals surface area contributed by atoms with E-state index in [9.17, 15) is 27.9 Å². The molecule has 0 bridgehead atoms. The number of sulfone groups is 1. The summed E-state index contributed by atoms with van der Waals surface area (Å²) in [7, 11) is -3.61. The highest BCUT2D eigenvalue weighted by molar-refractivity contribution is 7.91. The van der Waals surface area contributed by atoms with Crippen LogP contribution in [0.1, 0.15) is 45.3 Å². The number of β-lactam (4-membered cyclic amide) rings is 1. The maximum atomic E-state index is 13.2. The lowest BCUT2D eigenvalue weighted by molar-refractivity contribution is -0.175. The number of aromatic nitrogens is 2. The van der Waals surface area contributed by atoms with Gasteiger partial charge in [0, 0.05) is 23.9 Å². The Bertz CT molecular complexity index is 1410. The third kappa shape index (κ3) is 4.12. The molecule has 0 unspecified atom stereocenters. The lowest BCUT2D eigenvalue weighted by Crippen LogP contribution is -2.63. The highest BCUT2D eigenvalue weighted by Crippen LogP contribution is 2.52.